The maximum atomic E-state index is 13.0. The molecule has 0 radical (unpaired) electrons. The van der Waals surface area contributed by atoms with E-state index in [1.54, 1.807) is 31.6 Å². The van der Waals surface area contributed by atoms with Gasteiger partial charge in [-0.2, -0.15) is 0 Å². The highest BCUT2D eigenvalue weighted by atomic mass is 19.1. The molecule has 0 amide bonds. The predicted octanol–water partition coefficient (Wildman–Crippen LogP) is 3.20. The molecule has 2 aromatic rings. The number of halogens is 1. The minimum atomic E-state index is -0.232. The van der Waals surface area contributed by atoms with Gasteiger partial charge in [0.25, 0.3) is 0 Å². The number of ether oxygens (including phenoxy) is 1. The fraction of sp³-hybridized carbons (Fsp3) is 0.154. The van der Waals surface area contributed by atoms with Crippen LogP contribution in [0.15, 0.2) is 36.7 Å². The van der Waals surface area contributed by atoms with Crippen molar-refractivity contribution < 1.29 is 9.13 Å². The Labute approximate surface area is 93.7 Å². The molecule has 0 atom stereocenters. The summed E-state index contributed by atoms with van der Waals surface area (Å²) in [4.78, 5) is 4.06. The van der Waals surface area contributed by atoms with Crippen LogP contribution in [0.1, 0.15) is 5.56 Å². The van der Waals surface area contributed by atoms with Crippen LogP contribution in [0.2, 0.25) is 0 Å². The van der Waals surface area contributed by atoms with Gasteiger partial charge in [0.05, 0.1) is 7.11 Å². The molecule has 16 heavy (non-hydrogen) atoms. The van der Waals surface area contributed by atoms with Crippen molar-refractivity contribution in [3.8, 4) is 16.9 Å². The highest BCUT2D eigenvalue weighted by Crippen LogP contribution is 2.31. The quantitative estimate of drug-likeness (QED) is 0.770. The minimum Gasteiger partial charge on any atom is -0.496 e. The molecule has 0 saturated carbocycles. The molecular weight excluding hydrogens is 205 g/mol. The topological polar surface area (TPSA) is 22.1 Å². The van der Waals surface area contributed by atoms with Crippen LogP contribution in [0, 0.1) is 12.7 Å². The zero-order valence-corrected chi connectivity index (χ0v) is 9.20. The molecule has 0 bridgehead atoms. The lowest BCUT2D eigenvalue weighted by Gasteiger charge is -2.10. The summed E-state index contributed by atoms with van der Waals surface area (Å²) >= 11 is 0. The third-order valence-electron chi connectivity index (χ3n) is 2.48. The van der Waals surface area contributed by atoms with Crippen LogP contribution in [0.3, 0.4) is 0 Å². The fourth-order valence-electron chi connectivity index (χ4n) is 1.69. The van der Waals surface area contributed by atoms with Gasteiger partial charge < -0.3 is 4.74 Å². The summed E-state index contributed by atoms with van der Waals surface area (Å²) in [6.45, 7) is 1.87. The average molecular weight is 217 g/mol. The first-order valence-electron chi connectivity index (χ1n) is 4.97. The molecule has 0 saturated heterocycles. The van der Waals surface area contributed by atoms with Crippen molar-refractivity contribution in [2.45, 2.75) is 6.92 Å². The molecule has 1 heterocycles. The Balaban J connectivity index is 2.58. The van der Waals surface area contributed by atoms with E-state index in [0.717, 1.165) is 22.4 Å². The maximum absolute atomic E-state index is 13.0. The van der Waals surface area contributed by atoms with Crippen molar-refractivity contribution in [2.75, 3.05) is 7.11 Å². The molecule has 0 N–H and O–H groups in total. The van der Waals surface area contributed by atoms with E-state index in [1.165, 1.54) is 12.1 Å². The molecule has 0 aliphatic carbocycles. The van der Waals surface area contributed by atoms with Gasteiger partial charge in [-0.15, -0.1) is 0 Å². The van der Waals surface area contributed by atoms with Crippen LogP contribution in [-0.4, -0.2) is 12.1 Å². The van der Waals surface area contributed by atoms with Gasteiger partial charge in [-0.3, -0.25) is 4.98 Å². The van der Waals surface area contributed by atoms with Crippen molar-refractivity contribution in [3.05, 3.63) is 48.0 Å². The average Bonchev–Trinajstić information content (AvgIpc) is 2.29. The van der Waals surface area contributed by atoms with Gasteiger partial charge in [0.2, 0.25) is 0 Å². The Hall–Kier alpha value is -1.90. The Morgan fingerprint density at radius 2 is 2.00 bits per heavy atom. The number of aryl methyl sites for hydroxylation is 1. The standard InChI is InChI=1S/C13H12FNO/c1-9-7-10(14)3-4-11(9)12-8-15-6-5-13(12)16-2/h3-8H,1-2H3. The first-order valence-corrected chi connectivity index (χ1v) is 4.97. The lowest BCUT2D eigenvalue weighted by Crippen LogP contribution is -1.91. The molecule has 0 aliphatic rings. The first kappa shape index (κ1) is 10.6. The summed E-state index contributed by atoms with van der Waals surface area (Å²) in [6.07, 6.45) is 3.39. The zero-order valence-electron chi connectivity index (χ0n) is 9.20. The van der Waals surface area contributed by atoms with Gasteiger partial charge in [-0.05, 0) is 36.2 Å². The number of pyridine rings is 1. The molecule has 2 rings (SSSR count). The summed E-state index contributed by atoms with van der Waals surface area (Å²) < 4.78 is 18.3. The van der Waals surface area contributed by atoms with Crippen LogP contribution < -0.4 is 4.74 Å². The second-order valence-corrected chi connectivity index (χ2v) is 3.54. The van der Waals surface area contributed by atoms with E-state index in [2.05, 4.69) is 4.98 Å². The number of hydrogen-bond acceptors (Lipinski definition) is 2. The largest absolute Gasteiger partial charge is 0.496 e. The summed E-state index contributed by atoms with van der Waals surface area (Å²) in [6, 6.07) is 6.47. The third kappa shape index (κ3) is 1.89. The molecule has 1 aromatic heterocycles. The lowest BCUT2D eigenvalue weighted by atomic mass is 10.0. The van der Waals surface area contributed by atoms with Gasteiger partial charge in [0, 0.05) is 18.0 Å². The van der Waals surface area contributed by atoms with E-state index in [-0.39, 0.29) is 5.82 Å². The Morgan fingerprint density at radius 3 is 2.69 bits per heavy atom. The number of aromatic nitrogens is 1. The second-order valence-electron chi connectivity index (χ2n) is 3.54. The van der Waals surface area contributed by atoms with E-state index in [9.17, 15) is 4.39 Å². The highest BCUT2D eigenvalue weighted by Gasteiger charge is 2.08. The van der Waals surface area contributed by atoms with Crippen LogP contribution in [0.4, 0.5) is 4.39 Å². The summed E-state index contributed by atoms with van der Waals surface area (Å²) in [7, 11) is 1.61. The molecule has 3 heteroatoms. The molecule has 0 unspecified atom stereocenters. The van der Waals surface area contributed by atoms with Gasteiger partial charge in [0.15, 0.2) is 0 Å². The maximum Gasteiger partial charge on any atom is 0.129 e. The van der Waals surface area contributed by atoms with Crippen molar-refractivity contribution >= 4 is 0 Å². The SMILES string of the molecule is COc1ccncc1-c1ccc(F)cc1C. The molecule has 2 nitrogen and oxygen atoms in total. The summed E-state index contributed by atoms with van der Waals surface area (Å²) in [5.74, 6) is 0.508. The highest BCUT2D eigenvalue weighted by molar-refractivity contribution is 5.72. The number of hydrogen-bond donors (Lipinski definition) is 0. The normalized spacial score (nSPS) is 10.2. The van der Waals surface area contributed by atoms with E-state index in [1.807, 2.05) is 6.92 Å². The third-order valence-corrected chi connectivity index (χ3v) is 2.48. The zero-order chi connectivity index (χ0) is 11.5. The fourth-order valence-corrected chi connectivity index (χ4v) is 1.69. The van der Waals surface area contributed by atoms with Crippen molar-refractivity contribution in [1.29, 1.82) is 0 Å². The molecule has 1 aromatic carbocycles. The first-order chi connectivity index (χ1) is 7.72. The van der Waals surface area contributed by atoms with Gasteiger partial charge in [-0.25, -0.2) is 4.39 Å². The smallest absolute Gasteiger partial charge is 0.129 e. The Bertz CT molecular complexity index is 511. The van der Waals surface area contributed by atoms with E-state index in [4.69, 9.17) is 4.74 Å². The Kier molecular flexibility index (Phi) is 2.86. The summed E-state index contributed by atoms with van der Waals surface area (Å²) in [5.41, 5.74) is 2.68. The van der Waals surface area contributed by atoms with E-state index in [0.29, 0.717) is 0 Å². The van der Waals surface area contributed by atoms with Crippen LogP contribution >= 0.6 is 0 Å². The summed E-state index contributed by atoms with van der Waals surface area (Å²) in [5, 5.41) is 0. The van der Waals surface area contributed by atoms with Crippen molar-refractivity contribution in [1.82, 2.24) is 4.98 Å². The molecule has 0 aliphatic heterocycles. The van der Waals surface area contributed by atoms with Crippen LogP contribution in [0.5, 0.6) is 5.75 Å². The molecular formula is C13H12FNO. The van der Waals surface area contributed by atoms with E-state index < -0.39 is 0 Å². The molecule has 0 spiro atoms. The van der Waals surface area contributed by atoms with E-state index >= 15 is 0 Å². The van der Waals surface area contributed by atoms with Crippen LogP contribution in [0.25, 0.3) is 11.1 Å². The number of methoxy groups -OCH3 is 1. The van der Waals surface area contributed by atoms with Gasteiger partial charge in [0.1, 0.15) is 11.6 Å². The van der Waals surface area contributed by atoms with Gasteiger partial charge >= 0.3 is 0 Å². The second kappa shape index (κ2) is 4.31. The molecule has 82 valence electrons. The number of rotatable bonds is 2. The van der Waals surface area contributed by atoms with Crippen LogP contribution in [-0.2, 0) is 0 Å². The number of nitrogens with zero attached hydrogens (tertiary/aromatic N) is 1. The Morgan fingerprint density at radius 1 is 1.19 bits per heavy atom. The lowest BCUT2D eigenvalue weighted by molar-refractivity contribution is 0.416. The monoisotopic (exact) mass is 217 g/mol. The van der Waals surface area contributed by atoms with Crippen molar-refractivity contribution in [3.63, 3.8) is 0 Å². The van der Waals surface area contributed by atoms with Gasteiger partial charge in [-0.1, -0.05) is 6.07 Å². The number of benzene rings is 1. The molecule has 0 fully saturated rings. The van der Waals surface area contributed by atoms with Crippen molar-refractivity contribution in [2.24, 2.45) is 0 Å². The minimum absolute atomic E-state index is 0.232. The predicted molar refractivity (Wildman–Crippen MR) is 60.9 cm³/mol.